The van der Waals surface area contributed by atoms with Gasteiger partial charge in [-0.1, -0.05) is 34.1 Å². The predicted octanol–water partition coefficient (Wildman–Crippen LogP) is 2.47. The molecule has 1 aliphatic heterocycles. The molecule has 3 nitrogen and oxygen atoms in total. The first-order valence-corrected chi connectivity index (χ1v) is 6.56. The van der Waals surface area contributed by atoms with E-state index < -0.39 is 0 Å². The summed E-state index contributed by atoms with van der Waals surface area (Å²) in [6, 6.07) is 0.0925. The molecular formula is C13H28N2O. The SMILES string of the molecule is CC.CCC(C)C1CCN(NC)C1C(C)=O. The minimum atomic E-state index is 0.0925. The van der Waals surface area contributed by atoms with E-state index in [9.17, 15) is 4.79 Å². The largest absolute Gasteiger partial charge is 0.298 e. The van der Waals surface area contributed by atoms with Gasteiger partial charge in [-0.15, -0.1) is 0 Å². The van der Waals surface area contributed by atoms with Crippen molar-refractivity contribution in [3.8, 4) is 0 Å². The van der Waals surface area contributed by atoms with Gasteiger partial charge in [0.15, 0.2) is 0 Å². The van der Waals surface area contributed by atoms with Crippen LogP contribution in [0.2, 0.25) is 0 Å². The fraction of sp³-hybridized carbons (Fsp3) is 0.923. The second kappa shape index (κ2) is 7.80. The molecule has 3 unspecified atom stereocenters. The van der Waals surface area contributed by atoms with Crippen molar-refractivity contribution in [2.45, 2.75) is 53.5 Å². The van der Waals surface area contributed by atoms with E-state index in [0.717, 1.165) is 19.4 Å². The summed E-state index contributed by atoms with van der Waals surface area (Å²) in [5.74, 6) is 1.47. The summed E-state index contributed by atoms with van der Waals surface area (Å²) in [6.45, 7) is 11.1. The molecule has 0 aliphatic carbocycles. The monoisotopic (exact) mass is 228 g/mol. The highest BCUT2D eigenvalue weighted by Gasteiger charge is 2.38. The second-order valence-corrected chi connectivity index (χ2v) is 4.31. The number of hydrogen-bond donors (Lipinski definition) is 1. The molecule has 0 bridgehead atoms. The van der Waals surface area contributed by atoms with E-state index in [1.165, 1.54) is 0 Å². The molecule has 0 aromatic carbocycles. The number of ketones is 1. The van der Waals surface area contributed by atoms with Crippen LogP contribution in [0.15, 0.2) is 0 Å². The minimum absolute atomic E-state index is 0.0925. The molecule has 1 saturated heterocycles. The first kappa shape index (κ1) is 15.6. The molecule has 1 aliphatic rings. The molecule has 1 rings (SSSR count). The highest BCUT2D eigenvalue weighted by molar-refractivity contribution is 5.82. The van der Waals surface area contributed by atoms with Gasteiger partial charge in [0.2, 0.25) is 0 Å². The van der Waals surface area contributed by atoms with Crippen molar-refractivity contribution < 1.29 is 4.79 Å². The van der Waals surface area contributed by atoms with Crippen LogP contribution >= 0.6 is 0 Å². The molecule has 1 N–H and O–H groups in total. The Hall–Kier alpha value is -0.410. The Bertz CT molecular complexity index is 206. The number of nitrogens with one attached hydrogen (secondary N) is 1. The van der Waals surface area contributed by atoms with Crippen LogP contribution < -0.4 is 5.43 Å². The average Bonchev–Trinajstić information content (AvgIpc) is 2.74. The summed E-state index contributed by atoms with van der Waals surface area (Å²) in [7, 11) is 1.90. The van der Waals surface area contributed by atoms with Gasteiger partial charge in [0.1, 0.15) is 5.78 Å². The number of hydrogen-bond acceptors (Lipinski definition) is 3. The van der Waals surface area contributed by atoms with E-state index in [4.69, 9.17) is 0 Å². The average molecular weight is 228 g/mol. The first-order valence-electron chi connectivity index (χ1n) is 6.56. The van der Waals surface area contributed by atoms with Crippen molar-refractivity contribution in [2.24, 2.45) is 11.8 Å². The van der Waals surface area contributed by atoms with Crippen LogP contribution in [-0.4, -0.2) is 30.4 Å². The van der Waals surface area contributed by atoms with Crippen LogP contribution in [0, 0.1) is 11.8 Å². The van der Waals surface area contributed by atoms with Crippen molar-refractivity contribution in [3.63, 3.8) is 0 Å². The van der Waals surface area contributed by atoms with Crippen LogP contribution in [0.3, 0.4) is 0 Å². The van der Waals surface area contributed by atoms with E-state index in [2.05, 4.69) is 24.3 Å². The maximum atomic E-state index is 11.6. The molecule has 3 atom stereocenters. The van der Waals surface area contributed by atoms with Crippen LogP contribution in [0.1, 0.15) is 47.5 Å². The highest BCUT2D eigenvalue weighted by Crippen LogP contribution is 2.31. The fourth-order valence-electron chi connectivity index (χ4n) is 2.49. The van der Waals surface area contributed by atoms with Gasteiger partial charge in [-0.3, -0.25) is 10.2 Å². The van der Waals surface area contributed by atoms with Crippen molar-refractivity contribution in [1.29, 1.82) is 0 Å². The third-order valence-electron chi connectivity index (χ3n) is 3.52. The van der Waals surface area contributed by atoms with Crippen molar-refractivity contribution in [3.05, 3.63) is 0 Å². The van der Waals surface area contributed by atoms with Gasteiger partial charge in [-0.25, -0.2) is 5.01 Å². The topological polar surface area (TPSA) is 32.3 Å². The van der Waals surface area contributed by atoms with E-state index in [0.29, 0.717) is 17.6 Å². The second-order valence-electron chi connectivity index (χ2n) is 4.31. The van der Waals surface area contributed by atoms with E-state index >= 15 is 0 Å². The van der Waals surface area contributed by atoms with E-state index in [1.54, 1.807) is 6.92 Å². The Kier molecular flexibility index (Phi) is 7.60. The molecule has 1 fully saturated rings. The normalized spacial score (nSPS) is 27.1. The maximum absolute atomic E-state index is 11.6. The lowest BCUT2D eigenvalue weighted by Gasteiger charge is -2.28. The molecule has 0 amide bonds. The summed E-state index contributed by atoms with van der Waals surface area (Å²) in [5.41, 5.74) is 3.12. The van der Waals surface area contributed by atoms with Gasteiger partial charge in [0.05, 0.1) is 6.04 Å². The molecule has 3 heteroatoms. The van der Waals surface area contributed by atoms with Crippen molar-refractivity contribution >= 4 is 5.78 Å². The van der Waals surface area contributed by atoms with Gasteiger partial charge >= 0.3 is 0 Å². The Balaban J connectivity index is 0.00000106. The Morgan fingerprint density at radius 1 is 1.50 bits per heavy atom. The summed E-state index contributed by atoms with van der Waals surface area (Å²) in [5, 5.41) is 2.08. The minimum Gasteiger partial charge on any atom is -0.298 e. The molecule has 0 spiro atoms. The fourth-order valence-corrected chi connectivity index (χ4v) is 2.49. The molecule has 0 aromatic rings. The number of carbonyl (C=O) groups excluding carboxylic acids is 1. The highest BCUT2D eigenvalue weighted by atomic mass is 16.1. The zero-order valence-corrected chi connectivity index (χ0v) is 11.7. The molecule has 96 valence electrons. The third kappa shape index (κ3) is 3.56. The summed E-state index contributed by atoms with van der Waals surface area (Å²) >= 11 is 0. The van der Waals surface area contributed by atoms with Crippen molar-refractivity contribution in [1.82, 2.24) is 10.4 Å². The zero-order chi connectivity index (χ0) is 12.7. The number of rotatable bonds is 4. The van der Waals surface area contributed by atoms with Crippen LogP contribution in [0.25, 0.3) is 0 Å². The maximum Gasteiger partial charge on any atom is 0.148 e. The lowest BCUT2D eigenvalue weighted by Crippen LogP contribution is -2.46. The van der Waals surface area contributed by atoms with Crippen molar-refractivity contribution in [2.75, 3.05) is 13.6 Å². The predicted molar refractivity (Wildman–Crippen MR) is 69.1 cm³/mol. The Morgan fingerprint density at radius 2 is 2.06 bits per heavy atom. The lowest BCUT2D eigenvalue weighted by atomic mass is 9.84. The van der Waals surface area contributed by atoms with Crippen LogP contribution in [0.5, 0.6) is 0 Å². The molecule has 0 saturated carbocycles. The van der Waals surface area contributed by atoms with Gasteiger partial charge in [0.25, 0.3) is 0 Å². The smallest absolute Gasteiger partial charge is 0.148 e. The van der Waals surface area contributed by atoms with Gasteiger partial charge < -0.3 is 0 Å². The number of nitrogens with zero attached hydrogens (tertiary/aromatic N) is 1. The molecule has 1 heterocycles. The quantitative estimate of drug-likeness (QED) is 0.802. The van der Waals surface area contributed by atoms with E-state index in [1.807, 2.05) is 20.9 Å². The first-order chi connectivity index (χ1) is 7.61. The standard InChI is InChI=1S/C11H22N2O.C2H6/c1-5-8(2)10-6-7-13(12-4)11(10)9(3)14;1-2/h8,10-12H,5-7H2,1-4H3;1-2H3. The molecular weight excluding hydrogens is 200 g/mol. The molecule has 0 aromatic heterocycles. The van der Waals surface area contributed by atoms with Crippen LogP contribution in [0.4, 0.5) is 0 Å². The zero-order valence-electron chi connectivity index (χ0n) is 11.7. The third-order valence-corrected chi connectivity index (χ3v) is 3.52. The summed E-state index contributed by atoms with van der Waals surface area (Å²) < 4.78 is 0. The lowest BCUT2D eigenvalue weighted by molar-refractivity contribution is -0.123. The Morgan fingerprint density at radius 3 is 2.44 bits per heavy atom. The summed E-state index contributed by atoms with van der Waals surface area (Å²) in [4.78, 5) is 11.6. The number of carbonyl (C=O) groups is 1. The Labute approximate surface area is 101 Å². The van der Waals surface area contributed by atoms with E-state index in [-0.39, 0.29) is 6.04 Å². The van der Waals surface area contributed by atoms with Gasteiger partial charge in [0, 0.05) is 6.54 Å². The van der Waals surface area contributed by atoms with Gasteiger partial charge in [-0.2, -0.15) is 0 Å². The van der Waals surface area contributed by atoms with Crippen LogP contribution in [-0.2, 0) is 4.79 Å². The van der Waals surface area contributed by atoms with Gasteiger partial charge in [-0.05, 0) is 32.2 Å². The number of Topliss-reactive ketones (excluding diaryl/α,β-unsaturated/α-hetero) is 1. The molecule has 16 heavy (non-hydrogen) atoms. The molecule has 0 radical (unpaired) electrons. The number of hydrazine groups is 1. The summed E-state index contributed by atoms with van der Waals surface area (Å²) in [6.07, 6.45) is 2.30.